The summed E-state index contributed by atoms with van der Waals surface area (Å²) in [5.41, 5.74) is 2.74. The Morgan fingerprint density at radius 3 is 2.28 bits per heavy atom. The van der Waals surface area contributed by atoms with Crippen LogP contribution < -0.4 is 10.1 Å². The SMILES string of the molecule is C[C@@H](Cc1ccc(OCc2ccccc2)cc1)NC(=O)c1ccc(Cl)c(Cl)c1.S. The van der Waals surface area contributed by atoms with Gasteiger partial charge in [0.05, 0.1) is 10.0 Å². The van der Waals surface area contributed by atoms with Crippen molar-refractivity contribution in [1.82, 2.24) is 5.32 Å². The molecule has 0 saturated heterocycles. The Kier molecular flexibility index (Phi) is 8.90. The maximum atomic E-state index is 12.4. The second-order valence-corrected chi connectivity index (χ2v) is 7.44. The molecule has 0 aliphatic rings. The molecule has 0 aromatic heterocycles. The van der Waals surface area contributed by atoms with Gasteiger partial charge in [-0.3, -0.25) is 4.79 Å². The number of hydrogen-bond donors (Lipinski definition) is 1. The summed E-state index contributed by atoms with van der Waals surface area (Å²) in [6.45, 7) is 2.51. The summed E-state index contributed by atoms with van der Waals surface area (Å²) < 4.78 is 5.80. The van der Waals surface area contributed by atoms with E-state index in [0.29, 0.717) is 28.6 Å². The molecule has 0 spiro atoms. The summed E-state index contributed by atoms with van der Waals surface area (Å²) in [6, 6.07) is 22.8. The van der Waals surface area contributed by atoms with Gasteiger partial charge in [-0.1, -0.05) is 65.7 Å². The molecule has 0 bridgehead atoms. The Morgan fingerprint density at radius 2 is 1.62 bits per heavy atom. The van der Waals surface area contributed by atoms with Gasteiger partial charge in [-0.2, -0.15) is 13.5 Å². The molecule has 0 aliphatic heterocycles. The molecule has 0 unspecified atom stereocenters. The second-order valence-electron chi connectivity index (χ2n) is 6.63. The maximum absolute atomic E-state index is 12.4. The van der Waals surface area contributed by atoms with Crippen LogP contribution in [-0.2, 0) is 13.0 Å². The zero-order chi connectivity index (χ0) is 19.9. The van der Waals surface area contributed by atoms with Crippen LogP contribution in [0.1, 0.15) is 28.4 Å². The lowest BCUT2D eigenvalue weighted by Gasteiger charge is -2.15. The van der Waals surface area contributed by atoms with Crippen LogP contribution in [0.15, 0.2) is 72.8 Å². The third-order valence-electron chi connectivity index (χ3n) is 4.27. The van der Waals surface area contributed by atoms with Crippen molar-refractivity contribution in [3.8, 4) is 5.75 Å². The Balaban J connectivity index is 0.00000300. The molecule has 0 fully saturated rings. The van der Waals surface area contributed by atoms with Gasteiger partial charge in [-0.25, -0.2) is 0 Å². The average molecular weight is 448 g/mol. The number of amides is 1. The maximum Gasteiger partial charge on any atom is 0.251 e. The first kappa shape index (κ1) is 23.1. The van der Waals surface area contributed by atoms with E-state index in [1.165, 1.54) is 0 Å². The summed E-state index contributed by atoms with van der Waals surface area (Å²) in [7, 11) is 0. The molecular formula is C23H23Cl2NO2S. The second kappa shape index (κ2) is 11.1. The monoisotopic (exact) mass is 447 g/mol. The molecule has 3 nitrogen and oxygen atoms in total. The van der Waals surface area contributed by atoms with Crippen molar-refractivity contribution >= 4 is 42.6 Å². The van der Waals surface area contributed by atoms with E-state index in [-0.39, 0.29) is 25.4 Å². The number of carbonyl (C=O) groups excluding carboxylic acids is 1. The number of carbonyl (C=O) groups is 1. The first-order chi connectivity index (χ1) is 13.5. The van der Waals surface area contributed by atoms with Gasteiger partial charge in [0.25, 0.3) is 5.91 Å². The van der Waals surface area contributed by atoms with Gasteiger partial charge in [-0.05, 0) is 54.8 Å². The highest BCUT2D eigenvalue weighted by molar-refractivity contribution is 7.59. The van der Waals surface area contributed by atoms with E-state index in [1.54, 1.807) is 18.2 Å². The summed E-state index contributed by atoms with van der Waals surface area (Å²) >= 11 is 11.9. The summed E-state index contributed by atoms with van der Waals surface area (Å²) in [5.74, 6) is 0.647. The molecule has 29 heavy (non-hydrogen) atoms. The first-order valence-electron chi connectivity index (χ1n) is 9.03. The zero-order valence-electron chi connectivity index (χ0n) is 16.0. The normalized spacial score (nSPS) is 11.3. The lowest BCUT2D eigenvalue weighted by atomic mass is 10.1. The molecule has 0 saturated carbocycles. The standard InChI is InChI=1S/C23H21Cl2NO2.H2S/c1-16(26-23(27)19-9-12-21(24)22(25)14-19)13-17-7-10-20(11-8-17)28-15-18-5-3-2-4-6-18;/h2-12,14,16H,13,15H2,1H3,(H,26,27);1H2/t16-;/m0./s1. The van der Waals surface area contributed by atoms with Crippen LogP contribution in [0.4, 0.5) is 0 Å². The van der Waals surface area contributed by atoms with Gasteiger partial charge in [0, 0.05) is 11.6 Å². The van der Waals surface area contributed by atoms with E-state index in [9.17, 15) is 4.79 Å². The summed E-state index contributed by atoms with van der Waals surface area (Å²) in [5, 5.41) is 3.78. The quantitative estimate of drug-likeness (QED) is 0.478. The van der Waals surface area contributed by atoms with E-state index >= 15 is 0 Å². The molecule has 6 heteroatoms. The van der Waals surface area contributed by atoms with Gasteiger partial charge < -0.3 is 10.1 Å². The first-order valence-corrected chi connectivity index (χ1v) is 9.78. The van der Waals surface area contributed by atoms with Gasteiger partial charge in [0.2, 0.25) is 0 Å². The highest BCUT2D eigenvalue weighted by Gasteiger charge is 2.12. The number of halogens is 2. The van der Waals surface area contributed by atoms with Crippen LogP contribution in [0.2, 0.25) is 10.0 Å². The third-order valence-corrected chi connectivity index (χ3v) is 5.01. The Morgan fingerprint density at radius 1 is 0.931 bits per heavy atom. The van der Waals surface area contributed by atoms with E-state index < -0.39 is 0 Å². The minimum atomic E-state index is -0.172. The number of benzene rings is 3. The molecule has 0 aliphatic carbocycles. The predicted octanol–water partition coefficient (Wildman–Crippen LogP) is 6.05. The van der Waals surface area contributed by atoms with Crippen molar-refractivity contribution < 1.29 is 9.53 Å². The van der Waals surface area contributed by atoms with E-state index in [4.69, 9.17) is 27.9 Å². The van der Waals surface area contributed by atoms with Crippen LogP contribution in [0.5, 0.6) is 5.75 Å². The van der Waals surface area contributed by atoms with E-state index in [1.807, 2.05) is 61.5 Å². The number of rotatable bonds is 7. The Bertz CT molecular complexity index is 933. The largest absolute Gasteiger partial charge is 0.489 e. The Labute approximate surface area is 188 Å². The molecule has 0 heterocycles. The molecule has 3 aromatic carbocycles. The summed E-state index contributed by atoms with van der Waals surface area (Å²) in [6.07, 6.45) is 0.714. The lowest BCUT2D eigenvalue weighted by Crippen LogP contribution is -2.34. The smallest absolute Gasteiger partial charge is 0.251 e. The predicted molar refractivity (Wildman–Crippen MR) is 125 cm³/mol. The minimum absolute atomic E-state index is 0. The van der Waals surface area contributed by atoms with Crippen molar-refractivity contribution in [1.29, 1.82) is 0 Å². The van der Waals surface area contributed by atoms with Crippen molar-refractivity contribution in [2.24, 2.45) is 0 Å². The van der Waals surface area contributed by atoms with Gasteiger partial charge in [-0.15, -0.1) is 0 Å². The molecule has 3 aromatic rings. The number of hydrogen-bond acceptors (Lipinski definition) is 2. The van der Waals surface area contributed by atoms with Crippen LogP contribution in [0.25, 0.3) is 0 Å². The lowest BCUT2D eigenvalue weighted by molar-refractivity contribution is 0.0940. The van der Waals surface area contributed by atoms with Crippen molar-refractivity contribution in [3.05, 3.63) is 99.5 Å². The highest BCUT2D eigenvalue weighted by atomic mass is 35.5. The number of ether oxygens (including phenoxy) is 1. The molecule has 1 N–H and O–H groups in total. The van der Waals surface area contributed by atoms with Gasteiger partial charge in [0.1, 0.15) is 12.4 Å². The highest BCUT2D eigenvalue weighted by Crippen LogP contribution is 2.22. The van der Waals surface area contributed by atoms with Crippen LogP contribution in [0, 0.1) is 0 Å². The van der Waals surface area contributed by atoms with Crippen LogP contribution >= 0.6 is 36.7 Å². The van der Waals surface area contributed by atoms with Crippen LogP contribution in [0.3, 0.4) is 0 Å². The van der Waals surface area contributed by atoms with Gasteiger partial charge in [0.15, 0.2) is 0 Å². The van der Waals surface area contributed by atoms with Crippen molar-refractivity contribution in [3.63, 3.8) is 0 Å². The molecule has 0 radical (unpaired) electrons. The molecular weight excluding hydrogens is 425 g/mol. The third kappa shape index (κ3) is 7.00. The fourth-order valence-corrected chi connectivity index (χ4v) is 3.11. The van der Waals surface area contributed by atoms with Crippen molar-refractivity contribution in [2.75, 3.05) is 0 Å². The molecule has 1 atom stereocenters. The average Bonchev–Trinajstić information content (AvgIpc) is 2.70. The molecule has 152 valence electrons. The number of nitrogens with one attached hydrogen (secondary N) is 1. The fraction of sp³-hybridized carbons (Fsp3) is 0.174. The van der Waals surface area contributed by atoms with Crippen LogP contribution in [-0.4, -0.2) is 11.9 Å². The fourth-order valence-electron chi connectivity index (χ4n) is 2.81. The van der Waals surface area contributed by atoms with E-state index in [0.717, 1.165) is 16.9 Å². The van der Waals surface area contributed by atoms with Gasteiger partial charge >= 0.3 is 0 Å². The van der Waals surface area contributed by atoms with Crippen molar-refractivity contribution in [2.45, 2.75) is 26.0 Å². The molecule has 1 amide bonds. The topological polar surface area (TPSA) is 38.3 Å². The summed E-state index contributed by atoms with van der Waals surface area (Å²) in [4.78, 5) is 12.4. The zero-order valence-corrected chi connectivity index (χ0v) is 18.5. The Hall–Kier alpha value is -2.14. The molecule has 3 rings (SSSR count). The van der Waals surface area contributed by atoms with E-state index in [2.05, 4.69) is 5.32 Å². The minimum Gasteiger partial charge on any atom is -0.489 e.